The van der Waals surface area contributed by atoms with Crippen molar-refractivity contribution in [2.45, 2.75) is 32.2 Å². The fraction of sp³-hybridized carbons (Fsp3) is 0.333. The number of benzene rings is 2. The molecule has 0 fully saturated rings. The highest BCUT2D eigenvalue weighted by atomic mass is 16.3. The second kappa shape index (κ2) is 6.64. The van der Waals surface area contributed by atoms with Gasteiger partial charge in [0.25, 0.3) is 0 Å². The molecular weight excluding hydrogens is 262 g/mol. The third-order valence-electron chi connectivity index (χ3n) is 3.75. The molecule has 0 aromatic heterocycles. The number of anilines is 1. The molecule has 3 nitrogen and oxygen atoms in total. The molecule has 2 aromatic rings. The van der Waals surface area contributed by atoms with E-state index in [-0.39, 0.29) is 17.9 Å². The number of nitrogens with one attached hydrogen (secondary N) is 1. The Hall–Kier alpha value is -2.00. The zero-order valence-electron chi connectivity index (χ0n) is 12.6. The van der Waals surface area contributed by atoms with Gasteiger partial charge in [0.05, 0.1) is 12.1 Å². The van der Waals surface area contributed by atoms with Gasteiger partial charge < -0.3 is 15.5 Å². The van der Waals surface area contributed by atoms with Crippen LogP contribution in [0.5, 0.6) is 5.75 Å². The molecule has 0 radical (unpaired) electrons. The minimum absolute atomic E-state index is 0.0684. The number of phenolic OH excluding ortho intramolecular Hbond substituents is 1. The lowest BCUT2D eigenvalue weighted by Crippen LogP contribution is -2.39. The summed E-state index contributed by atoms with van der Waals surface area (Å²) in [6.07, 6.45) is 1.65. The van der Waals surface area contributed by atoms with E-state index >= 15 is 0 Å². The molecular formula is C18H23NO2. The van der Waals surface area contributed by atoms with E-state index in [9.17, 15) is 10.2 Å². The van der Waals surface area contributed by atoms with Gasteiger partial charge in [0.1, 0.15) is 5.75 Å². The lowest BCUT2D eigenvalue weighted by atomic mass is 9.93. The molecule has 3 N–H and O–H groups in total. The first-order valence-electron chi connectivity index (χ1n) is 7.24. The van der Waals surface area contributed by atoms with Crippen LogP contribution in [0, 0.1) is 6.92 Å². The van der Waals surface area contributed by atoms with Crippen molar-refractivity contribution in [1.29, 1.82) is 0 Å². The molecule has 0 aliphatic rings. The fourth-order valence-corrected chi connectivity index (χ4v) is 2.25. The molecule has 0 amide bonds. The van der Waals surface area contributed by atoms with Crippen LogP contribution in [0.25, 0.3) is 0 Å². The van der Waals surface area contributed by atoms with Crippen LogP contribution in [0.2, 0.25) is 0 Å². The number of aliphatic hydroxyl groups is 1. The summed E-state index contributed by atoms with van der Waals surface area (Å²) >= 11 is 0. The first-order valence-corrected chi connectivity index (χ1v) is 7.24. The summed E-state index contributed by atoms with van der Waals surface area (Å²) in [7, 11) is 0. The average molecular weight is 285 g/mol. The summed E-state index contributed by atoms with van der Waals surface area (Å²) in [5.74, 6) is 0.279. The van der Waals surface area contributed by atoms with E-state index in [4.69, 9.17) is 0 Å². The summed E-state index contributed by atoms with van der Waals surface area (Å²) in [5.41, 5.74) is 3.02. The summed E-state index contributed by atoms with van der Waals surface area (Å²) in [6, 6.07) is 15.4. The SMILES string of the molecule is Cc1ccc(NC(C)(CO)CCc2ccc(O)cc2)cc1. The molecule has 112 valence electrons. The molecule has 0 heterocycles. The molecule has 0 saturated heterocycles. The zero-order valence-corrected chi connectivity index (χ0v) is 12.6. The highest BCUT2D eigenvalue weighted by molar-refractivity contribution is 5.46. The summed E-state index contributed by atoms with van der Waals surface area (Å²) < 4.78 is 0. The maximum absolute atomic E-state index is 9.72. The average Bonchev–Trinajstić information content (AvgIpc) is 2.49. The van der Waals surface area contributed by atoms with Crippen LogP contribution >= 0.6 is 0 Å². The van der Waals surface area contributed by atoms with Crippen LogP contribution < -0.4 is 5.32 Å². The molecule has 0 aliphatic heterocycles. The van der Waals surface area contributed by atoms with Gasteiger partial charge in [-0.05, 0) is 56.5 Å². The molecule has 21 heavy (non-hydrogen) atoms. The highest BCUT2D eigenvalue weighted by Crippen LogP contribution is 2.21. The van der Waals surface area contributed by atoms with Crippen molar-refractivity contribution in [1.82, 2.24) is 0 Å². The third kappa shape index (κ3) is 4.50. The number of aromatic hydroxyl groups is 1. The predicted octanol–water partition coefficient (Wildman–Crippen LogP) is 3.50. The number of hydrogen-bond acceptors (Lipinski definition) is 3. The van der Waals surface area contributed by atoms with Crippen molar-refractivity contribution in [3.05, 3.63) is 59.7 Å². The molecule has 0 saturated carbocycles. The lowest BCUT2D eigenvalue weighted by molar-refractivity contribution is 0.215. The Morgan fingerprint density at radius 1 is 1.00 bits per heavy atom. The van der Waals surface area contributed by atoms with E-state index in [1.165, 1.54) is 5.56 Å². The van der Waals surface area contributed by atoms with Gasteiger partial charge >= 0.3 is 0 Å². The molecule has 3 heteroatoms. The number of aliphatic hydroxyl groups excluding tert-OH is 1. The Bertz CT molecular complexity index is 563. The van der Waals surface area contributed by atoms with Crippen molar-refractivity contribution >= 4 is 5.69 Å². The number of aryl methyl sites for hydroxylation is 2. The van der Waals surface area contributed by atoms with Crippen molar-refractivity contribution in [3.8, 4) is 5.75 Å². The monoisotopic (exact) mass is 285 g/mol. The van der Waals surface area contributed by atoms with Crippen LogP contribution in [-0.2, 0) is 6.42 Å². The largest absolute Gasteiger partial charge is 0.508 e. The Kier molecular flexibility index (Phi) is 4.86. The minimum Gasteiger partial charge on any atom is -0.508 e. The second-order valence-corrected chi connectivity index (χ2v) is 5.88. The smallest absolute Gasteiger partial charge is 0.115 e. The Labute approximate surface area is 126 Å². The van der Waals surface area contributed by atoms with E-state index < -0.39 is 0 Å². The number of rotatable bonds is 6. The van der Waals surface area contributed by atoms with Crippen molar-refractivity contribution in [2.24, 2.45) is 0 Å². The van der Waals surface area contributed by atoms with Gasteiger partial charge in [-0.2, -0.15) is 0 Å². The van der Waals surface area contributed by atoms with Crippen LogP contribution in [0.4, 0.5) is 5.69 Å². The summed E-state index contributed by atoms with van der Waals surface area (Å²) in [5, 5.41) is 22.4. The standard InChI is InChI=1S/C18H23NO2/c1-14-3-7-16(8-4-14)19-18(2,13-20)12-11-15-5-9-17(21)10-6-15/h3-10,19-21H,11-13H2,1-2H3. The topological polar surface area (TPSA) is 52.5 Å². The van der Waals surface area contributed by atoms with Gasteiger partial charge in [-0.25, -0.2) is 0 Å². The van der Waals surface area contributed by atoms with E-state index in [0.717, 1.165) is 24.1 Å². The van der Waals surface area contributed by atoms with Crippen molar-refractivity contribution in [3.63, 3.8) is 0 Å². The maximum Gasteiger partial charge on any atom is 0.115 e. The number of hydrogen-bond donors (Lipinski definition) is 3. The Morgan fingerprint density at radius 2 is 1.62 bits per heavy atom. The summed E-state index contributed by atoms with van der Waals surface area (Å²) in [6.45, 7) is 4.14. The van der Waals surface area contributed by atoms with Gasteiger partial charge in [-0.15, -0.1) is 0 Å². The Balaban J connectivity index is 1.99. The van der Waals surface area contributed by atoms with E-state index in [0.29, 0.717) is 0 Å². The second-order valence-electron chi connectivity index (χ2n) is 5.88. The quantitative estimate of drug-likeness (QED) is 0.761. The molecule has 2 aromatic carbocycles. The van der Waals surface area contributed by atoms with Gasteiger partial charge in [0.2, 0.25) is 0 Å². The van der Waals surface area contributed by atoms with Crippen LogP contribution in [0.3, 0.4) is 0 Å². The molecule has 0 aliphatic carbocycles. The summed E-state index contributed by atoms with van der Waals surface area (Å²) in [4.78, 5) is 0. The first kappa shape index (κ1) is 15.4. The molecule has 1 atom stereocenters. The lowest BCUT2D eigenvalue weighted by Gasteiger charge is -2.30. The molecule has 2 rings (SSSR count). The van der Waals surface area contributed by atoms with Gasteiger partial charge in [0, 0.05) is 5.69 Å². The van der Waals surface area contributed by atoms with Crippen molar-refractivity contribution < 1.29 is 10.2 Å². The van der Waals surface area contributed by atoms with Crippen LogP contribution in [0.1, 0.15) is 24.5 Å². The number of phenols is 1. The first-order chi connectivity index (χ1) is 10.0. The third-order valence-corrected chi connectivity index (χ3v) is 3.75. The van der Waals surface area contributed by atoms with Crippen molar-refractivity contribution in [2.75, 3.05) is 11.9 Å². The molecule has 1 unspecified atom stereocenters. The molecule has 0 spiro atoms. The van der Waals surface area contributed by atoms with Gasteiger partial charge in [-0.1, -0.05) is 29.8 Å². The van der Waals surface area contributed by atoms with E-state index in [2.05, 4.69) is 24.4 Å². The van der Waals surface area contributed by atoms with Crippen LogP contribution in [0.15, 0.2) is 48.5 Å². The zero-order chi connectivity index (χ0) is 15.3. The normalized spacial score (nSPS) is 13.7. The Morgan fingerprint density at radius 3 is 2.19 bits per heavy atom. The van der Waals surface area contributed by atoms with E-state index in [1.807, 2.05) is 31.2 Å². The van der Waals surface area contributed by atoms with Gasteiger partial charge in [-0.3, -0.25) is 0 Å². The maximum atomic E-state index is 9.72. The van der Waals surface area contributed by atoms with E-state index in [1.54, 1.807) is 12.1 Å². The molecule has 0 bridgehead atoms. The van der Waals surface area contributed by atoms with Crippen LogP contribution in [-0.4, -0.2) is 22.4 Å². The predicted molar refractivity (Wildman–Crippen MR) is 86.7 cm³/mol. The highest BCUT2D eigenvalue weighted by Gasteiger charge is 2.22. The minimum atomic E-state index is -0.368. The van der Waals surface area contributed by atoms with Gasteiger partial charge in [0.15, 0.2) is 0 Å². The fourth-order valence-electron chi connectivity index (χ4n) is 2.25.